The van der Waals surface area contributed by atoms with Gasteiger partial charge in [0, 0.05) is 18.0 Å². The first-order chi connectivity index (χ1) is 8.11. The Morgan fingerprint density at radius 3 is 2.71 bits per heavy atom. The van der Waals surface area contributed by atoms with E-state index in [0.717, 1.165) is 22.7 Å². The number of hydrogen-bond acceptors (Lipinski definition) is 3. The summed E-state index contributed by atoms with van der Waals surface area (Å²) in [6.45, 7) is 6.75. The zero-order valence-electron chi connectivity index (χ0n) is 10.5. The zero-order chi connectivity index (χ0) is 12.4. The van der Waals surface area contributed by atoms with Crippen molar-refractivity contribution in [3.63, 3.8) is 0 Å². The van der Waals surface area contributed by atoms with Gasteiger partial charge in [0.15, 0.2) is 5.89 Å². The average Bonchev–Trinajstić information content (AvgIpc) is 2.79. The van der Waals surface area contributed by atoms with Crippen molar-refractivity contribution in [2.75, 3.05) is 0 Å². The third-order valence-electron chi connectivity index (χ3n) is 2.88. The molecule has 17 heavy (non-hydrogen) atoms. The number of aromatic nitrogens is 1. The molecule has 2 rings (SSSR count). The van der Waals surface area contributed by atoms with Gasteiger partial charge in [-0.3, -0.25) is 0 Å². The maximum Gasteiger partial charge on any atom is 0.197 e. The molecule has 0 bridgehead atoms. The van der Waals surface area contributed by atoms with Gasteiger partial charge in [0.2, 0.25) is 0 Å². The van der Waals surface area contributed by atoms with Gasteiger partial charge >= 0.3 is 0 Å². The highest BCUT2D eigenvalue weighted by atomic mass is 16.3. The average molecular weight is 230 g/mol. The van der Waals surface area contributed by atoms with Gasteiger partial charge in [0.05, 0.1) is 0 Å². The van der Waals surface area contributed by atoms with Gasteiger partial charge in [-0.05, 0) is 24.1 Å². The first-order valence-electron chi connectivity index (χ1n) is 5.87. The van der Waals surface area contributed by atoms with E-state index in [1.54, 1.807) is 6.26 Å². The minimum absolute atomic E-state index is 0.308. The molecule has 0 aliphatic rings. The molecule has 3 heteroatoms. The van der Waals surface area contributed by atoms with Crippen LogP contribution in [0.4, 0.5) is 0 Å². The lowest BCUT2D eigenvalue weighted by molar-refractivity contribution is 0.471. The predicted octanol–water partition coefficient (Wildman–Crippen LogP) is 3.23. The molecule has 1 heterocycles. The maximum absolute atomic E-state index is 5.71. The fraction of sp³-hybridized carbons (Fsp3) is 0.357. The van der Waals surface area contributed by atoms with E-state index in [9.17, 15) is 0 Å². The van der Waals surface area contributed by atoms with Crippen LogP contribution < -0.4 is 5.73 Å². The zero-order valence-corrected chi connectivity index (χ0v) is 10.5. The molecule has 2 N–H and O–H groups in total. The molecular weight excluding hydrogens is 212 g/mol. The second-order valence-electron chi connectivity index (χ2n) is 4.57. The van der Waals surface area contributed by atoms with Crippen LogP contribution in [-0.2, 0) is 6.54 Å². The van der Waals surface area contributed by atoms with E-state index in [2.05, 4.69) is 44.0 Å². The summed E-state index contributed by atoms with van der Waals surface area (Å²) < 4.78 is 5.44. The number of aryl methyl sites for hydroxylation is 1. The minimum atomic E-state index is 0.308. The van der Waals surface area contributed by atoms with Crippen molar-refractivity contribution in [2.24, 2.45) is 5.73 Å². The monoisotopic (exact) mass is 230 g/mol. The van der Waals surface area contributed by atoms with Crippen LogP contribution in [0.2, 0.25) is 0 Å². The fourth-order valence-corrected chi connectivity index (χ4v) is 1.74. The van der Waals surface area contributed by atoms with Crippen molar-refractivity contribution in [2.45, 2.75) is 33.2 Å². The van der Waals surface area contributed by atoms with Crippen LogP contribution in [0.15, 0.2) is 28.9 Å². The molecule has 0 amide bonds. The largest absolute Gasteiger partial charge is 0.448 e. The summed E-state index contributed by atoms with van der Waals surface area (Å²) in [7, 11) is 0. The highest BCUT2D eigenvalue weighted by molar-refractivity contribution is 5.60. The van der Waals surface area contributed by atoms with Gasteiger partial charge in [-0.25, -0.2) is 4.98 Å². The molecule has 0 aliphatic heterocycles. The van der Waals surface area contributed by atoms with Gasteiger partial charge in [-0.1, -0.05) is 26.0 Å². The Hall–Kier alpha value is -1.61. The molecular formula is C14H18N2O. The van der Waals surface area contributed by atoms with Gasteiger partial charge in [-0.15, -0.1) is 0 Å². The summed E-state index contributed by atoms with van der Waals surface area (Å²) >= 11 is 0. The van der Waals surface area contributed by atoms with Crippen molar-refractivity contribution in [3.05, 3.63) is 41.5 Å². The number of hydrogen-bond donors (Lipinski definition) is 1. The molecule has 2 aromatic rings. The number of rotatable bonds is 3. The van der Waals surface area contributed by atoms with Crippen LogP contribution in [-0.4, -0.2) is 4.98 Å². The molecule has 1 aromatic carbocycles. The van der Waals surface area contributed by atoms with E-state index < -0.39 is 0 Å². The van der Waals surface area contributed by atoms with E-state index in [0.29, 0.717) is 12.5 Å². The van der Waals surface area contributed by atoms with Crippen LogP contribution >= 0.6 is 0 Å². The normalized spacial score (nSPS) is 11.1. The van der Waals surface area contributed by atoms with Gasteiger partial charge in [0.1, 0.15) is 12.0 Å². The van der Waals surface area contributed by atoms with Crippen molar-refractivity contribution in [1.82, 2.24) is 4.98 Å². The molecule has 0 fully saturated rings. The standard InChI is InChI=1S/C14H18N2O/c1-9(2)14-16-13(8-17-14)11-5-4-10(3)12(6-11)7-15/h4-6,8-9H,7,15H2,1-3H3. The summed E-state index contributed by atoms with van der Waals surface area (Å²) in [5.41, 5.74) is 10.0. The molecule has 0 spiro atoms. The molecule has 0 saturated carbocycles. The predicted molar refractivity (Wildman–Crippen MR) is 68.7 cm³/mol. The van der Waals surface area contributed by atoms with Crippen LogP contribution in [0.1, 0.15) is 36.8 Å². The van der Waals surface area contributed by atoms with E-state index in [1.807, 2.05) is 0 Å². The smallest absolute Gasteiger partial charge is 0.197 e. The van der Waals surface area contributed by atoms with Crippen LogP contribution in [0.5, 0.6) is 0 Å². The van der Waals surface area contributed by atoms with E-state index in [4.69, 9.17) is 10.2 Å². The Kier molecular flexibility index (Phi) is 3.29. The van der Waals surface area contributed by atoms with Crippen molar-refractivity contribution >= 4 is 0 Å². The Balaban J connectivity index is 2.38. The quantitative estimate of drug-likeness (QED) is 0.880. The summed E-state index contributed by atoms with van der Waals surface area (Å²) in [5, 5.41) is 0. The van der Waals surface area contributed by atoms with Crippen molar-refractivity contribution < 1.29 is 4.42 Å². The lowest BCUT2D eigenvalue weighted by atomic mass is 10.0. The molecule has 0 radical (unpaired) electrons. The summed E-state index contributed by atoms with van der Waals surface area (Å²) in [6, 6.07) is 6.20. The van der Waals surface area contributed by atoms with Crippen LogP contribution in [0.25, 0.3) is 11.3 Å². The highest BCUT2D eigenvalue weighted by Crippen LogP contribution is 2.24. The minimum Gasteiger partial charge on any atom is -0.448 e. The molecule has 0 unspecified atom stereocenters. The lowest BCUT2D eigenvalue weighted by Crippen LogP contribution is -1.99. The lowest BCUT2D eigenvalue weighted by Gasteiger charge is -2.04. The second-order valence-corrected chi connectivity index (χ2v) is 4.57. The third-order valence-corrected chi connectivity index (χ3v) is 2.88. The summed E-state index contributed by atoms with van der Waals surface area (Å²) in [4.78, 5) is 4.48. The summed E-state index contributed by atoms with van der Waals surface area (Å²) in [5.74, 6) is 1.08. The third kappa shape index (κ3) is 2.39. The Labute approximate surface area is 102 Å². The van der Waals surface area contributed by atoms with E-state index in [-0.39, 0.29) is 0 Å². The molecule has 0 saturated heterocycles. The maximum atomic E-state index is 5.71. The Bertz CT molecular complexity index is 515. The molecule has 0 aliphatic carbocycles. The fourth-order valence-electron chi connectivity index (χ4n) is 1.74. The molecule has 0 atom stereocenters. The molecule has 1 aromatic heterocycles. The van der Waals surface area contributed by atoms with E-state index in [1.165, 1.54) is 5.56 Å². The SMILES string of the molecule is Cc1ccc(-c2coc(C(C)C)n2)cc1CN. The topological polar surface area (TPSA) is 52.0 Å². The molecule has 90 valence electrons. The van der Waals surface area contributed by atoms with Gasteiger partial charge in [0.25, 0.3) is 0 Å². The van der Waals surface area contributed by atoms with Gasteiger partial charge < -0.3 is 10.2 Å². The number of nitrogens with zero attached hydrogens (tertiary/aromatic N) is 1. The Morgan fingerprint density at radius 1 is 1.35 bits per heavy atom. The first kappa shape index (κ1) is 11.9. The van der Waals surface area contributed by atoms with Gasteiger partial charge in [-0.2, -0.15) is 0 Å². The number of oxazole rings is 1. The summed E-state index contributed by atoms with van der Waals surface area (Å²) in [6.07, 6.45) is 1.71. The van der Waals surface area contributed by atoms with Crippen LogP contribution in [0, 0.1) is 6.92 Å². The highest BCUT2D eigenvalue weighted by Gasteiger charge is 2.10. The van der Waals surface area contributed by atoms with E-state index >= 15 is 0 Å². The van der Waals surface area contributed by atoms with Crippen molar-refractivity contribution in [3.8, 4) is 11.3 Å². The first-order valence-corrected chi connectivity index (χ1v) is 5.87. The van der Waals surface area contributed by atoms with Crippen molar-refractivity contribution in [1.29, 1.82) is 0 Å². The molecule has 3 nitrogen and oxygen atoms in total. The number of nitrogens with two attached hydrogens (primary N) is 1. The second kappa shape index (κ2) is 4.72. The number of benzene rings is 1. The Morgan fingerprint density at radius 2 is 2.12 bits per heavy atom. The van der Waals surface area contributed by atoms with Crippen LogP contribution in [0.3, 0.4) is 0 Å².